The minimum absolute atomic E-state index is 0.0261. The number of aromatic nitrogens is 1. The van der Waals surface area contributed by atoms with E-state index in [-0.39, 0.29) is 11.1 Å². The fourth-order valence-corrected chi connectivity index (χ4v) is 1.69. The highest BCUT2D eigenvalue weighted by Crippen LogP contribution is 2.26. The molecule has 98 valence electrons. The van der Waals surface area contributed by atoms with Gasteiger partial charge in [0, 0.05) is 17.3 Å². The van der Waals surface area contributed by atoms with Gasteiger partial charge in [0.2, 0.25) is 0 Å². The molecule has 2 rings (SSSR count). The topological polar surface area (TPSA) is 59.4 Å². The molecule has 0 saturated carbocycles. The molecular weight excluding hydrogens is 249 g/mol. The monoisotopic (exact) mass is 261 g/mol. The van der Waals surface area contributed by atoms with Crippen LogP contribution in [-0.4, -0.2) is 22.7 Å². The molecule has 0 atom stereocenters. The van der Waals surface area contributed by atoms with Crippen LogP contribution in [0.25, 0.3) is 11.1 Å². The lowest BCUT2D eigenvalue weighted by Crippen LogP contribution is -1.98. The Kier molecular flexibility index (Phi) is 3.75. The van der Waals surface area contributed by atoms with Crippen LogP contribution in [0.3, 0.4) is 0 Å². The summed E-state index contributed by atoms with van der Waals surface area (Å²) in [5, 5.41) is 8.92. The van der Waals surface area contributed by atoms with Gasteiger partial charge in [0.15, 0.2) is 0 Å². The minimum atomic E-state index is -1.10. The van der Waals surface area contributed by atoms with Gasteiger partial charge in [-0.1, -0.05) is 0 Å². The fraction of sp³-hybridized carbons (Fsp3) is 0.143. The summed E-state index contributed by atoms with van der Waals surface area (Å²) >= 11 is 0. The summed E-state index contributed by atoms with van der Waals surface area (Å²) in [7, 11) is 0. The van der Waals surface area contributed by atoms with E-state index in [4.69, 9.17) is 9.84 Å². The second kappa shape index (κ2) is 5.48. The molecule has 19 heavy (non-hydrogen) atoms. The van der Waals surface area contributed by atoms with Gasteiger partial charge in [0.25, 0.3) is 0 Å². The number of halogens is 1. The van der Waals surface area contributed by atoms with Crippen LogP contribution >= 0.6 is 0 Å². The predicted octanol–water partition coefficient (Wildman–Crippen LogP) is 2.98. The lowest BCUT2D eigenvalue weighted by atomic mass is 10.0. The van der Waals surface area contributed by atoms with Gasteiger partial charge < -0.3 is 9.84 Å². The summed E-state index contributed by atoms with van der Waals surface area (Å²) in [6.45, 7) is 2.31. The van der Waals surface area contributed by atoms with Crippen LogP contribution < -0.4 is 4.74 Å². The first-order valence-electron chi connectivity index (χ1n) is 5.73. The quantitative estimate of drug-likeness (QED) is 0.919. The van der Waals surface area contributed by atoms with Crippen molar-refractivity contribution < 1.29 is 19.0 Å². The van der Waals surface area contributed by atoms with Crippen molar-refractivity contribution in [1.82, 2.24) is 4.98 Å². The lowest BCUT2D eigenvalue weighted by Gasteiger charge is -2.07. The number of carbonyl (C=O) groups is 1. The zero-order valence-electron chi connectivity index (χ0n) is 10.3. The van der Waals surface area contributed by atoms with E-state index in [2.05, 4.69) is 4.98 Å². The summed E-state index contributed by atoms with van der Waals surface area (Å²) in [6, 6.07) is 5.26. The molecule has 2 aromatic rings. The van der Waals surface area contributed by atoms with Crippen LogP contribution in [-0.2, 0) is 0 Å². The third kappa shape index (κ3) is 2.88. The Morgan fingerprint density at radius 3 is 2.84 bits per heavy atom. The third-order valence-corrected chi connectivity index (χ3v) is 2.55. The number of carboxylic acids is 1. The van der Waals surface area contributed by atoms with Gasteiger partial charge in [-0.3, -0.25) is 4.98 Å². The van der Waals surface area contributed by atoms with Crippen molar-refractivity contribution in [2.45, 2.75) is 6.92 Å². The maximum Gasteiger partial charge on any atom is 0.335 e. The van der Waals surface area contributed by atoms with Crippen molar-refractivity contribution >= 4 is 5.97 Å². The molecule has 0 amide bonds. The van der Waals surface area contributed by atoms with Gasteiger partial charge in [0.05, 0.1) is 18.4 Å². The lowest BCUT2D eigenvalue weighted by molar-refractivity contribution is 0.0697. The Hall–Kier alpha value is -2.43. The van der Waals surface area contributed by atoms with Crippen molar-refractivity contribution in [1.29, 1.82) is 0 Å². The van der Waals surface area contributed by atoms with Crippen molar-refractivity contribution in [3.8, 4) is 16.9 Å². The largest absolute Gasteiger partial charge is 0.492 e. The molecule has 1 heterocycles. The average molecular weight is 261 g/mol. The van der Waals surface area contributed by atoms with E-state index in [0.717, 1.165) is 6.07 Å². The highest BCUT2D eigenvalue weighted by molar-refractivity contribution is 5.89. The summed E-state index contributed by atoms with van der Waals surface area (Å²) in [4.78, 5) is 14.9. The molecule has 0 saturated heterocycles. The number of rotatable bonds is 4. The van der Waals surface area contributed by atoms with Gasteiger partial charge in [-0.05, 0) is 31.2 Å². The number of ether oxygens (including phenoxy) is 1. The highest BCUT2D eigenvalue weighted by atomic mass is 19.1. The number of hydrogen-bond acceptors (Lipinski definition) is 3. The SMILES string of the molecule is CCOc1cncc(-c2cc(C(=O)O)ccc2F)c1. The van der Waals surface area contributed by atoms with Crippen molar-refractivity contribution in [3.05, 3.63) is 48.0 Å². The number of nitrogens with zero attached hydrogens (tertiary/aromatic N) is 1. The molecular formula is C14H12FNO3. The summed E-state index contributed by atoms with van der Waals surface area (Å²) in [5.41, 5.74) is 0.693. The summed E-state index contributed by atoms with van der Waals surface area (Å²) < 4.78 is 19.1. The standard InChI is InChI=1S/C14H12FNO3/c1-2-19-11-5-10(7-16-8-11)12-6-9(14(17)18)3-4-13(12)15/h3-8H,2H2,1H3,(H,17,18). The van der Waals surface area contributed by atoms with E-state index in [9.17, 15) is 9.18 Å². The number of aromatic carboxylic acids is 1. The maximum absolute atomic E-state index is 13.8. The summed E-state index contributed by atoms with van der Waals surface area (Å²) in [5.74, 6) is -1.09. The first kappa shape index (κ1) is 13.0. The van der Waals surface area contributed by atoms with Gasteiger partial charge in [-0.25, -0.2) is 9.18 Å². The smallest absolute Gasteiger partial charge is 0.335 e. The second-order valence-electron chi connectivity index (χ2n) is 3.84. The van der Waals surface area contributed by atoms with E-state index >= 15 is 0 Å². The Morgan fingerprint density at radius 2 is 2.16 bits per heavy atom. The Labute approximate surface area is 109 Å². The van der Waals surface area contributed by atoms with Crippen LogP contribution in [0, 0.1) is 5.82 Å². The van der Waals surface area contributed by atoms with Gasteiger partial charge in [-0.15, -0.1) is 0 Å². The van der Waals surface area contributed by atoms with Crippen LogP contribution in [0.2, 0.25) is 0 Å². The van der Waals surface area contributed by atoms with Crippen LogP contribution in [0.5, 0.6) is 5.75 Å². The van der Waals surface area contributed by atoms with E-state index in [1.807, 2.05) is 6.92 Å². The molecule has 1 aromatic carbocycles. The second-order valence-corrected chi connectivity index (χ2v) is 3.84. The van der Waals surface area contributed by atoms with Crippen molar-refractivity contribution in [2.75, 3.05) is 6.61 Å². The van der Waals surface area contributed by atoms with E-state index in [1.165, 1.54) is 24.5 Å². The normalized spacial score (nSPS) is 10.2. The molecule has 0 spiro atoms. The van der Waals surface area contributed by atoms with Crippen LogP contribution in [0.15, 0.2) is 36.7 Å². The van der Waals surface area contributed by atoms with E-state index < -0.39 is 11.8 Å². The molecule has 0 aliphatic carbocycles. The number of hydrogen-bond donors (Lipinski definition) is 1. The third-order valence-electron chi connectivity index (χ3n) is 2.55. The minimum Gasteiger partial charge on any atom is -0.492 e. The maximum atomic E-state index is 13.8. The van der Waals surface area contributed by atoms with Crippen molar-refractivity contribution in [2.24, 2.45) is 0 Å². The Balaban J connectivity index is 2.48. The molecule has 0 bridgehead atoms. The zero-order valence-corrected chi connectivity index (χ0v) is 10.3. The molecule has 0 radical (unpaired) electrons. The molecule has 1 aromatic heterocycles. The first-order valence-corrected chi connectivity index (χ1v) is 5.73. The van der Waals surface area contributed by atoms with E-state index in [1.54, 1.807) is 6.07 Å². The average Bonchev–Trinajstić information content (AvgIpc) is 2.39. The van der Waals surface area contributed by atoms with Crippen LogP contribution in [0.4, 0.5) is 4.39 Å². The Bertz CT molecular complexity index is 613. The van der Waals surface area contributed by atoms with Gasteiger partial charge >= 0.3 is 5.97 Å². The zero-order chi connectivity index (χ0) is 13.8. The molecule has 0 unspecified atom stereocenters. The molecule has 0 fully saturated rings. The Morgan fingerprint density at radius 1 is 1.37 bits per heavy atom. The van der Waals surface area contributed by atoms with Gasteiger partial charge in [-0.2, -0.15) is 0 Å². The van der Waals surface area contributed by atoms with Crippen LogP contribution in [0.1, 0.15) is 17.3 Å². The molecule has 4 nitrogen and oxygen atoms in total. The molecule has 5 heteroatoms. The number of benzene rings is 1. The van der Waals surface area contributed by atoms with Crippen molar-refractivity contribution in [3.63, 3.8) is 0 Å². The number of carboxylic acid groups (broad SMARTS) is 1. The summed E-state index contributed by atoms with van der Waals surface area (Å²) in [6.07, 6.45) is 2.98. The first-order chi connectivity index (χ1) is 9.11. The molecule has 1 N–H and O–H groups in total. The molecule has 0 aliphatic heterocycles. The van der Waals surface area contributed by atoms with Gasteiger partial charge in [0.1, 0.15) is 11.6 Å². The van der Waals surface area contributed by atoms with E-state index in [0.29, 0.717) is 17.9 Å². The predicted molar refractivity (Wildman–Crippen MR) is 67.8 cm³/mol. The molecule has 0 aliphatic rings. The fourth-order valence-electron chi connectivity index (χ4n) is 1.69. The number of pyridine rings is 1. The highest BCUT2D eigenvalue weighted by Gasteiger charge is 2.11.